The Morgan fingerprint density at radius 1 is 1.21 bits per heavy atom. The van der Waals surface area contributed by atoms with E-state index in [9.17, 15) is 4.79 Å². The summed E-state index contributed by atoms with van der Waals surface area (Å²) in [5, 5.41) is 0. The molecule has 8 heteroatoms. The number of aryl methyl sites for hydroxylation is 1. The zero-order valence-corrected chi connectivity index (χ0v) is 17.3. The highest BCUT2D eigenvalue weighted by molar-refractivity contribution is 7.16. The molecular formula is C21H22N2O5S. The molecule has 152 valence electrons. The van der Waals surface area contributed by atoms with Crippen molar-refractivity contribution in [2.75, 3.05) is 20.8 Å². The van der Waals surface area contributed by atoms with E-state index in [0.29, 0.717) is 27.8 Å². The van der Waals surface area contributed by atoms with Crippen LogP contribution in [0, 0.1) is 0 Å². The van der Waals surface area contributed by atoms with E-state index in [2.05, 4.69) is 11.9 Å². The van der Waals surface area contributed by atoms with Crippen LogP contribution in [0.3, 0.4) is 0 Å². The second-order valence-corrected chi connectivity index (χ2v) is 7.53. The molecule has 0 aliphatic carbocycles. The van der Waals surface area contributed by atoms with Gasteiger partial charge in [-0.05, 0) is 18.6 Å². The summed E-state index contributed by atoms with van der Waals surface area (Å²) in [4.78, 5) is 17.8. The van der Waals surface area contributed by atoms with Gasteiger partial charge in [0.15, 0.2) is 27.8 Å². The Kier molecular flexibility index (Phi) is 5.44. The number of amides is 1. The van der Waals surface area contributed by atoms with Crippen molar-refractivity contribution >= 4 is 27.5 Å². The molecule has 3 aromatic rings. The molecule has 0 saturated heterocycles. The third-order valence-electron chi connectivity index (χ3n) is 4.63. The van der Waals surface area contributed by atoms with Gasteiger partial charge >= 0.3 is 0 Å². The Labute approximate surface area is 172 Å². The topological polar surface area (TPSA) is 71.3 Å². The predicted molar refractivity (Wildman–Crippen MR) is 110 cm³/mol. The minimum absolute atomic E-state index is 0.139. The van der Waals surface area contributed by atoms with Crippen LogP contribution in [0.25, 0.3) is 10.2 Å². The average Bonchev–Trinajstić information content (AvgIpc) is 3.08. The van der Waals surface area contributed by atoms with Crippen LogP contribution in [0.5, 0.6) is 23.0 Å². The van der Waals surface area contributed by atoms with Crippen molar-refractivity contribution in [3.63, 3.8) is 0 Å². The summed E-state index contributed by atoms with van der Waals surface area (Å²) in [6, 6.07) is 11.1. The number of nitrogens with zero attached hydrogens (tertiary/aromatic N) is 2. The molecule has 1 aromatic heterocycles. The average molecular weight is 414 g/mol. The smallest absolute Gasteiger partial charge is 0.292 e. The van der Waals surface area contributed by atoms with Crippen LogP contribution in [-0.4, -0.2) is 37.4 Å². The van der Waals surface area contributed by atoms with E-state index < -0.39 is 6.10 Å². The quantitative estimate of drug-likeness (QED) is 0.640. The van der Waals surface area contributed by atoms with Crippen LogP contribution >= 0.6 is 11.3 Å². The molecule has 0 unspecified atom stereocenters. The number of fused-ring (bicyclic) bond motifs is 2. The Morgan fingerprint density at radius 3 is 2.66 bits per heavy atom. The lowest BCUT2D eigenvalue weighted by Crippen LogP contribution is -2.36. The molecule has 0 N–H and O–H groups in total. The van der Waals surface area contributed by atoms with E-state index in [1.807, 2.05) is 34.9 Å². The molecule has 7 nitrogen and oxygen atoms in total. The number of hydrogen-bond acceptors (Lipinski definition) is 6. The van der Waals surface area contributed by atoms with Gasteiger partial charge in [-0.2, -0.15) is 4.99 Å². The summed E-state index contributed by atoms with van der Waals surface area (Å²) in [7, 11) is 3.21. The van der Waals surface area contributed by atoms with Gasteiger partial charge in [-0.1, -0.05) is 30.4 Å². The van der Waals surface area contributed by atoms with E-state index in [-0.39, 0.29) is 12.5 Å². The normalized spacial score (nSPS) is 16.1. The van der Waals surface area contributed by atoms with Crippen molar-refractivity contribution in [2.24, 2.45) is 4.99 Å². The number of methoxy groups -OCH3 is 2. The lowest BCUT2D eigenvalue weighted by Gasteiger charge is -2.23. The van der Waals surface area contributed by atoms with Crippen molar-refractivity contribution in [2.45, 2.75) is 26.0 Å². The summed E-state index contributed by atoms with van der Waals surface area (Å²) in [5.74, 6) is 2.11. The number of carbonyl (C=O) groups is 1. The van der Waals surface area contributed by atoms with Crippen molar-refractivity contribution in [1.82, 2.24) is 4.57 Å². The fraction of sp³-hybridized carbons (Fsp3) is 0.333. The van der Waals surface area contributed by atoms with E-state index in [1.165, 1.54) is 11.3 Å². The molecule has 0 fully saturated rings. The molecule has 29 heavy (non-hydrogen) atoms. The van der Waals surface area contributed by atoms with E-state index in [0.717, 1.165) is 23.2 Å². The molecule has 1 amide bonds. The van der Waals surface area contributed by atoms with E-state index in [1.54, 1.807) is 20.3 Å². The molecule has 0 saturated carbocycles. The fourth-order valence-corrected chi connectivity index (χ4v) is 4.30. The summed E-state index contributed by atoms with van der Waals surface area (Å²) in [6.07, 6.45) is 0.132. The first-order valence-corrected chi connectivity index (χ1v) is 10.2. The number of hydrogen-bond donors (Lipinski definition) is 0. The number of thiazole rings is 1. The van der Waals surface area contributed by atoms with Crippen molar-refractivity contribution in [3.05, 3.63) is 41.2 Å². The number of benzene rings is 2. The maximum Gasteiger partial charge on any atom is 0.292 e. The Morgan fingerprint density at radius 2 is 1.93 bits per heavy atom. The van der Waals surface area contributed by atoms with E-state index in [4.69, 9.17) is 18.9 Å². The molecule has 2 heterocycles. The van der Waals surface area contributed by atoms with Crippen LogP contribution in [0.2, 0.25) is 0 Å². The van der Waals surface area contributed by atoms with Crippen LogP contribution in [0.1, 0.15) is 13.3 Å². The van der Waals surface area contributed by atoms with Crippen molar-refractivity contribution in [3.8, 4) is 23.0 Å². The Hall–Kier alpha value is -3.00. The van der Waals surface area contributed by atoms with Gasteiger partial charge in [-0.3, -0.25) is 4.79 Å². The maximum absolute atomic E-state index is 12.8. The van der Waals surface area contributed by atoms with Crippen LogP contribution in [-0.2, 0) is 11.3 Å². The zero-order valence-electron chi connectivity index (χ0n) is 16.5. The molecule has 0 spiro atoms. The molecule has 2 aromatic carbocycles. The highest BCUT2D eigenvalue weighted by atomic mass is 32.1. The lowest BCUT2D eigenvalue weighted by atomic mass is 10.2. The van der Waals surface area contributed by atoms with Gasteiger partial charge in [0.2, 0.25) is 6.10 Å². The molecule has 0 radical (unpaired) electrons. The van der Waals surface area contributed by atoms with Gasteiger partial charge in [0.25, 0.3) is 5.91 Å². The molecule has 0 bridgehead atoms. The van der Waals surface area contributed by atoms with Gasteiger partial charge < -0.3 is 23.5 Å². The number of rotatable bonds is 5. The Balaban J connectivity index is 1.73. The van der Waals surface area contributed by atoms with Crippen molar-refractivity contribution < 1.29 is 23.7 Å². The lowest BCUT2D eigenvalue weighted by molar-refractivity contribution is -0.127. The minimum atomic E-state index is -0.769. The summed E-state index contributed by atoms with van der Waals surface area (Å²) in [5.41, 5.74) is 0.951. The van der Waals surface area contributed by atoms with Crippen LogP contribution in [0.15, 0.2) is 41.4 Å². The van der Waals surface area contributed by atoms with Crippen molar-refractivity contribution in [1.29, 1.82) is 0 Å². The number of para-hydroxylation sites is 2. The van der Waals surface area contributed by atoms with Gasteiger partial charge in [-0.15, -0.1) is 0 Å². The number of carbonyl (C=O) groups excluding carboxylic acids is 1. The van der Waals surface area contributed by atoms with Gasteiger partial charge in [-0.25, -0.2) is 0 Å². The molecule has 4 rings (SSSR count). The Bertz CT molecular complexity index is 1120. The monoisotopic (exact) mass is 414 g/mol. The highest BCUT2D eigenvalue weighted by Crippen LogP contribution is 2.34. The molecule has 1 aliphatic heterocycles. The number of ether oxygens (including phenoxy) is 4. The summed E-state index contributed by atoms with van der Waals surface area (Å²) < 4.78 is 25.3. The second-order valence-electron chi connectivity index (χ2n) is 6.53. The van der Waals surface area contributed by atoms with Gasteiger partial charge in [0.05, 0.1) is 24.4 Å². The largest absolute Gasteiger partial charge is 0.493 e. The van der Waals surface area contributed by atoms with Crippen LogP contribution in [0.4, 0.5) is 0 Å². The van der Waals surface area contributed by atoms with Gasteiger partial charge in [0.1, 0.15) is 6.61 Å². The predicted octanol–water partition coefficient (Wildman–Crippen LogP) is 3.40. The minimum Gasteiger partial charge on any atom is -0.493 e. The summed E-state index contributed by atoms with van der Waals surface area (Å²) in [6.45, 7) is 2.95. The maximum atomic E-state index is 12.8. The standard InChI is InChI=1S/C21H22N2O5S/c1-4-9-23-13-10-16(25-2)17(26-3)11-19(13)29-21(23)22-20(24)18-12-27-14-7-5-6-8-15(14)28-18/h5-8,10-11,18H,4,9,12H2,1-3H3/t18-/m1/s1. The zero-order chi connectivity index (χ0) is 20.4. The molecule has 1 aliphatic rings. The third-order valence-corrected chi connectivity index (χ3v) is 5.67. The van der Waals surface area contributed by atoms with E-state index >= 15 is 0 Å². The highest BCUT2D eigenvalue weighted by Gasteiger charge is 2.27. The first-order chi connectivity index (χ1) is 14.1. The first kappa shape index (κ1) is 19.3. The second kappa shape index (κ2) is 8.16. The fourth-order valence-electron chi connectivity index (χ4n) is 3.23. The SMILES string of the molecule is CCCn1c(=NC(=O)[C@H]2COc3ccccc3O2)sc2cc(OC)c(OC)cc21. The van der Waals surface area contributed by atoms with Crippen LogP contribution < -0.4 is 23.7 Å². The molecular weight excluding hydrogens is 392 g/mol. The van der Waals surface area contributed by atoms with Gasteiger partial charge in [0, 0.05) is 18.7 Å². The first-order valence-electron chi connectivity index (χ1n) is 9.37. The molecule has 1 atom stereocenters. The third kappa shape index (κ3) is 3.67. The summed E-state index contributed by atoms with van der Waals surface area (Å²) >= 11 is 1.43. The number of aromatic nitrogens is 1.